The molecule has 6 nitrogen and oxygen atoms in total. The molecule has 1 rings (SSSR count). The first-order valence-corrected chi connectivity index (χ1v) is 5.94. The third-order valence-corrected chi connectivity index (χ3v) is 2.85. The zero-order valence-electron chi connectivity index (χ0n) is 11.3. The lowest BCUT2D eigenvalue weighted by atomic mass is 10.0. The molecular weight excluding hydrogens is 265 g/mol. The Morgan fingerprint density at radius 1 is 1.40 bits per heavy atom. The van der Waals surface area contributed by atoms with E-state index in [1.807, 2.05) is 0 Å². The van der Waals surface area contributed by atoms with Crippen molar-refractivity contribution in [1.29, 1.82) is 0 Å². The minimum Gasteiger partial charge on any atom is -0.469 e. The largest absolute Gasteiger partial charge is 0.469 e. The molecule has 0 heterocycles. The van der Waals surface area contributed by atoms with Crippen LogP contribution in [-0.4, -0.2) is 32.9 Å². The van der Waals surface area contributed by atoms with Crippen LogP contribution in [-0.2, 0) is 20.7 Å². The molecule has 0 amide bonds. The number of nitrogens with zero attached hydrogens (tertiary/aromatic N) is 3. The molecule has 1 aromatic carbocycles. The number of azide groups is 1. The molecule has 0 spiro atoms. The smallest absolute Gasteiger partial charge is 0.309 e. The Balaban J connectivity index is 2.89. The van der Waals surface area contributed by atoms with Crippen LogP contribution in [0.1, 0.15) is 17.2 Å². The number of ether oxygens (including phenoxy) is 2. The first-order valence-electron chi connectivity index (χ1n) is 5.94. The number of hydrogen-bond acceptors (Lipinski definition) is 4. The molecule has 0 aliphatic rings. The fourth-order valence-corrected chi connectivity index (χ4v) is 1.82. The Morgan fingerprint density at radius 2 is 2.05 bits per heavy atom. The Labute approximate surface area is 116 Å². The van der Waals surface area contributed by atoms with Gasteiger partial charge in [0, 0.05) is 12.0 Å². The molecular formula is C13H16FN3O3. The van der Waals surface area contributed by atoms with Crippen molar-refractivity contribution in [2.24, 2.45) is 5.11 Å². The molecule has 0 unspecified atom stereocenters. The summed E-state index contributed by atoms with van der Waals surface area (Å²) in [6.07, 6.45) is -0.500. The van der Waals surface area contributed by atoms with Crippen molar-refractivity contribution in [2.75, 3.05) is 20.9 Å². The normalized spacial score (nSPS) is 13.2. The van der Waals surface area contributed by atoms with Crippen LogP contribution in [0.5, 0.6) is 0 Å². The second-order valence-electron chi connectivity index (χ2n) is 4.08. The van der Waals surface area contributed by atoms with Crippen molar-refractivity contribution in [3.8, 4) is 0 Å². The van der Waals surface area contributed by atoms with Gasteiger partial charge >= 0.3 is 5.97 Å². The van der Waals surface area contributed by atoms with Gasteiger partial charge in [0.1, 0.15) is 6.67 Å². The third-order valence-electron chi connectivity index (χ3n) is 2.85. The molecule has 0 N–H and O–H groups in total. The second-order valence-corrected chi connectivity index (χ2v) is 4.08. The summed E-state index contributed by atoms with van der Waals surface area (Å²) in [5, 5.41) is 3.38. The lowest BCUT2D eigenvalue weighted by Crippen LogP contribution is -2.20. The Kier molecular flexibility index (Phi) is 6.49. The van der Waals surface area contributed by atoms with Gasteiger partial charge in [-0.3, -0.25) is 9.18 Å². The molecule has 0 saturated heterocycles. The summed E-state index contributed by atoms with van der Waals surface area (Å²) in [5.41, 5.74) is 9.87. The molecule has 20 heavy (non-hydrogen) atoms. The van der Waals surface area contributed by atoms with Crippen LogP contribution in [0, 0.1) is 0 Å². The lowest BCUT2D eigenvalue weighted by Gasteiger charge is -2.20. The van der Waals surface area contributed by atoms with Gasteiger partial charge in [0.05, 0.1) is 25.7 Å². The van der Waals surface area contributed by atoms with Gasteiger partial charge in [-0.05, 0) is 16.7 Å². The van der Waals surface area contributed by atoms with Gasteiger partial charge in [-0.1, -0.05) is 29.4 Å². The van der Waals surface area contributed by atoms with E-state index in [1.165, 1.54) is 14.2 Å². The molecule has 0 radical (unpaired) electrons. The number of halogens is 1. The van der Waals surface area contributed by atoms with Crippen LogP contribution in [0.15, 0.2) is 29.4 Å². The fourth-order valence-electron chi connectivity index (χ4n) is 1.82. The molecule has 2 atom stereocenters. The average Bonchev–Trinajstić information content (AvgIpc) is 2.48. The van der Waals surface area contributed by atoms with Crippen molar-refractivity contribution < 1.29 is 18.7 Å². The predicted octanol–water partition coefficient (Wildman–Crippen LogP) is 2.74. The van der Waals surface area contributed by atoms with Crippen molar-refractivity contribution in [2.45, 2.75) is 18.6 Å². The van der Waals surface area contributed by atoms with Gasteiger partial charge in [0.25, 0.3) is 0 Å². The van der Waals surface area contributed by atoms with Gasteiger partial charge in [-0.15, -0.1) is 0 Å². The summed E-state index contributed by atoms with van der Waals surface area (Å²) >= 11 is 0. The van der Waals surface area contributed by atoms with Crippen LogP contribution < -0.4 is 0 Å². The third kappa shape index (κ3) is 4.22. The minimum absolute atomic E-state index is 0.164. The highest BCUT2D eigenvalue weighted by molar-refractivity contribution is 5.72. The first kappa shape index (κ1) is 15.9. The lowest BCUT2D eigenvalue weighted by molar-refractivity contribution is -0.139. The SMILES string of the molecule is COC(=O)Cc1ccc([C@@H](OC)[C@@H](CF)N=[N+]=[N-])cc1. The maximum atomic E-state index is 12.9. The Morgan fingerprint density at radius 3 is 2.50 bits per heavy atom. The van der Waals surface area contributed by atoms with E-state index in [4.69, 9.17) is 10.3 Å². The summed E-state index contributed by atoms with van der Waals surface area (Å²) in [4.78, 5) is 13.8. The number of alkyl halides is 1. The number of carbonyl (C=O) groups excluding carboxylic acids is 1. The van der Waals surface area contributed by atoms with E-state index in [9.17, 15) is 9.18 Å². The molecule has 0 saturated carbocycles. The van der Waals surface area contributed by atoms with E-state index in [0.717, 1.165) is 5.56 Å². The number of rotatable bonds is 7. The Bertz CT molecular complexity index is 486. The van der Waals surface area contributed by atoms with Crippen LogP contribution in [0.25, 0.3) is 10.4 Å². The van der Waals surface area contributed by atoms with Crippen LogP contribution in [0.2, 0.25) is 0 Å². The Hall–Kier alpha value is -2.11. The molecule has 0 bridgehead atoms. The zero-order chi connectivity index (χ0) is 15.0. The van der Waals surface area contributed by atoms with Gasteiger partial charge < -0.3 is 9.47 Å². The number of hydrogen-bond donors (Lipinski definition) is 0. The van der Waals surface area contributed by atoms with E-state index in [1.54, 1.807) is 24.3 Å². The van der Waals surface area contributed by atoms with E-state index in [2.05, 4.69) is 14.8 Å². The van der Waals surface area contributed by atoms with Gasteiger partial charge in [-0.2, -0.15) is 0 Å². The maximum Gasteiger partial charge on any atom is 0.309 e. The van der Waals surface area contributed by atoms with E-state index >= 15 is 0 Å². The van der Waals surface area contributed by atoms with Crippen molar-refractivity contribution >= 4 is 5.97 Å². The molecule has 1 aromatic rings. The van der Waals surface area contributed by atoms with Gasteiger partial charge in [0.15, 0.2) is 0 Å². The van der Waals surface area contributed by atoms with Crippen LogP contribution in [0.3, 0.4) is 0 Å². The van der Waals surface area contributed by atoms with E-state index < -0.39 is 18.8 Å². The standard InChI is InChI=1S/C13H16FN3O3/c1-19-12(18)7-9-3-5-10(6-4-9)13(20-2)11(8-14)16-17-15/h3-6,11,13H,7-8H2,1-2H3/t11-,13-/m1/s1. The summed E-state index contributed by atoms with van der Waals surface area (Å²) in [6, 6.07) is 5.95. The minimum atomic E-state index is -0.920. The molecule has 0 aromatic heterocycles. The molecule has 0 aliphatic heterocycles. The molecule has 108 valence electrons. The van der Waals surface area contributed by atoms with Crippen LogP contribution in [0.4, 0.5) is 4.39 Å². The molecule has 7 heteroatoms. The topological polar surface area (TPSA) is 84.3 Å². The zero-order valence-corrected chi connectivity index (χ0v) is 11.3. The highest BCUT2D eigenvalue weighted by atomic mass is 19.1. The average molecular weight is 281 g/mol. The molecule has 0 fully saturated rings. The maximum absolute atomic E-state index is 12.9. The van der Waals surface area contributed by atoms with Crippen molar-refractivity contribution in [1.82, 2.24) is 0 Å². The van der Waals surface area contributed by atoms with E-state index in [-0.39, 0.29) is 12.4 Å². The fraction of sp³-hybridized carbons (Fsp3) is 0.462. The number of carbonyl (C=O) groups is 1. The van der Waals surface area contributed by atoms with E-state index in [0.29, 0.717) is 5.56 Å². The number of benzene rings is 1. The van der Waals surface area contributed by atoms with Gasteiger partial charge in [-0.25, -0.2) is 0 Å². The number of methoxy groups -OCH3 is 2. The summed E-state index contributed by atoms with van der Waals surface area (Å²) in [5.74, 6) is -0.336. The van der Waals surface area contributed by atoms with Crippen molar-refractivity contribution in [3.05, 3.63) is 45.8 Å². The quantitative estimate of drug-likeness (QED) is 0.333. The highest BCUT2D eigenvalue weighted by Gasteiger charge is 2.22. The second kappa shape index (κ2) is 8.14. The summed E-state index contributed by atoms with van der Waals surface area (Å²) in [6.45, 7) is -0.813. The number of esters is 1. The summed E-state index contributed by atoms with van der Waals surface area (Å²) < 4.78 is 22.6. The highest BCUT2D eigenvalue weighted by Crippen LogP contribution is 2.24. The predicted molar refractivity (Wildman–Crippen MR) is 70.8 cm³/mol. The van der Waals surface area contributed by atoms with Crippen LogP contribution >= 0.6 is 0 Å². The molecule has 0 aliphatic carbocycles. The van der Waals surface area contributed by atoms with Gasteiger partial charge in [0.2, 0.25) is 0 Å². The summed E-state index contributed by atoms with van der Waals surface area (Å²) in [7, 11) is 2.74. The van der Waals surface area contributed by atoms with Crippen molar-refractivity contribution in [3.63, 3.8) is 0 Å². The monoisotopic (exact) mass is 281 g/mol. The first-order chi connectivity index (χ1) is 9.65.